The summed E-state index contributed by atoms with van der Waals surface area (Å²) < 4.78 is 1.81. The zero-order valence-electron chi connectivity index (χ0n) is 10.7. The molecule has 2 unspecified atom stereocenters. The van der Waals surface area contributed by atoms with E-state index in [-0.39, 0.29) is 11.3 Å². The number of pyridine rings is 1. The van der Waals surface area contributed by atoms with E-state index in [0.717, 1.165) is 11.3 Å². The van der Waals surface area contributed by atoms with Gasteiger partial charge in [0, 0.05) is 41.8 Å². The number of nitrogens with zero attached hydrogens (tertiary/aromatic N) is 3. The predicted octanol–water partition coefficient (Wildman–Crippen LogP) is 2.39. The van der Waals surface area contributed by atoms with Crippen LogP contribution in [0.5, 0.6) is 0 Å². The molecular weight excluding hydrogens is 244 g/mol. The molecule has 2 N–H and O–H groups in total. The van der Waals surface area contributed by atoms with Gasteiger partial charge >= 0.3 is 0 Å². The lowest BCUT2D eigenvalue weighted by molar-refractivity contribution is 0.633. The normalized spacial score (nSPS) is 14.4. The van der Waals surface area contributed by atoms with Crippen LogP contribution in [0.3, 0.4) is 0 Å². The highest BCUT2D eigenvalue weighted by atomic mass is 32.2. The maximum Gasteiger partial charge on any atom is 0.0626 e. The fourth-order valence-corrected chi connectivity index (χ4v) is 3.05. The number of nitrogens with two attached hydrogens (primary N) is 1. The molecule has 0 bridgehead atoms. The first-order chi connectivity index (χ1) is 8.70. The summed E-state index contributed by atoms with van der Waals surface area (Å²) >= 11 is 1.76. The van der Waals surface area contributed by atoms with E-state index < -0.39 is 0 Å². The first-order valence-electron chi connectivity index (χ1n) is 6.01. The third-order valence-electron chi connectivity index (χ3n) is 2.84. The molecule has 2 heterocycles. The minimum absolute atomic E-state index is 0.123. The van der Waals surface area contributed by atoms with Gasteiger partial charge in [-0.1, -0.05) is 6.92 Å². The third-order valence-corrected chi connectivity index (χ3v) is 4.20. The monoisotopic (exact) mass is 262 g/mol. The van der Waals surface area contributed by atoms with Crippen LogP contribution >= 0.6 is 11.8 Å². The van der Waals surface area contributed by atoms with Crippen LogP contribution in [0.15, 0.2) is 41.8 Å². The van der Waals surface area contributed by atoms with Crippen molar-refractivity contribution in [2.45, 2.75) is 29.5 Å². The molecule has 0 aliphatic heterocycles. The second-order valence-electron chi connectivity index (χ2n) is 4.24. The van der Waals surface area contributed by atoms with Crippen LogP contribution in [-0.4, -0.2) is 20.8 Å². The molecule has 0 aliphatic carbocycles. The summed E-state index contributed by atoms with van der Waals surface area (Å²) in [6.07, 6.45) is 8.46. The van der Waals surface area contributed by atoms with Gasteiger partial charge in [-0.3, -0.25) is 9.67 Å². The quantitative estimate of drug-likeness (QED) is 0.841. The molecule has 0 fully saturated rings. The Morgan fingerprint density at radius 3 is 2.67 bits per heavy atom. The van der Waals surface area contributed by atoms with Crippen molar-refractivity contribution in [1.29, 1.82) is 0 Å². The van der Waals surface area contributed by atoms with Gasteiger partial charge in [0.15, 0.2) is 0 Å². The van der Waals surface area contributed by atoms with Gasteiger partial charge in [0.2, 0.25) is 0 Å². The highest BCUT2D eigenvalue weighted by Gasteiger charge is 2.20. The van der Waals surface area contributed by atoms with Gasteiger partial charge in [0.1, 0.15) is 0 Å². The molecule has 2 aromatic heterocycles. The number of rotatable bonds is 5. The molecule has 0 aliphatic rings. The van der Waals surface area contributed by atoms with E-state index in [2.05, 4.69) is 17.0 Å². The van der Waals surface area contributed by atoms with Crippen LogP contribution in [0.25, 0.3) is 0 Å². The summed E-state index contributed by atoms with van der Waals surface area (Å²) in [5, 5.41) is 4.43. The standard InChI is InChI=1S/C13H18N4S/c1-3-12(14)13(10-4-6-15-7-5-10)18-11-8-16-17(2)9-11/h4-9,12-13H,3,14H2,1-2H3. The largest absolute Gasteiger partial charge is 0.326 e. The third kappa shape index (κ3) is 3.11. The van der Waals surface area contributed by atoms with Crippen molar-refractivity contribution in [3.63, 3.8) is 0 Å². The first-order valence-corrected chi connectivity index (χ1v) is 6.89. The van der Waals surface area contributed by atoms with E-state index in [9.17, 15) is 0 Å². The molecule has 0 radical (unpaired) electrons. The summed E-state index contributed by atoms with van der Waals surface area (Å²) in [7, 11) is 1.92. The molecule has 2 aromatic rings. The lowest BCUT2D eigenvalue weighted by Crippen LogP contribution is -2.25. The van der Waals surface area contributed by atoms with Gasteiger partial charge < -0.3 is 5.73 Å². The van der Waals surface area contributed by atoms with Gasteiger partial charge in [0.05, 0.1) is 6.20 Å². The lowest BCUT2D eigenvalue weighted by Gasteiger charge is -2.22. The van der Waals surface area contributed by atoms with Gasteiger partial charge in [0.25, 0.3) is 0 Å². The average Bonchev–Trinajstić information content (AvgIpc) is 2.82. The minimum atomic E-state index is 0.123. The van der Waals surface area contributed by atoms with Crippen LogP contribution in [0.2, 0.25) is 0 Å². The van der Waals surface area contributed by atoms with Crippen molar-refractivity contribution in [2.24, 2.45) is 12.8 Å². The van der Waals surface area contributed by atoms with E-state index in [1.165, 1.54) is 5.56 Å². The van der Waals surface area contributed by atoms with Crippen LogP contribution in [0.1, 0.15) is 24.2 Å². The zero-order chi connectivity index (χ0) is 13.0. The molecule has 0 aromatic carbocycles. The number of aryl methyl sites for hydroxylation is 1. The SMILES string of the molecule is CCC(N)C(Sc1cnn(C)c1)c1ccncc1. The maximum atomic E-state index is 6.24. The molecule has 0 saturated carbocycles. The summed E-state index contributed by atoms with van der Waals surface area (Å²) in [4.78, 5) is 5.20. The van der Waals surface area contributed by atoms with E-state index in [0.29, 0.717) is 0 Å². The summed E-state index contributed by atoms with van der Waals surface area (Å²) in [5.74, 6) is 0. The average molecular weight is 262 g/mol. The van der Waals surface area contributed by atoms with E-state index in [1.54, 1.807) is 11.8 Å². The van der Waals surface area contributed by atoms with E-state index in [4.69, 9.17) is 5.73 Å². The van der Waals surface area contributed by atoms with Gasteiger partial charge in [-0.15, -0.1) is 11.8 Å². The van der Waals surface area contributed by atoms with Crippen LogP contribution in [0, 0.1) is 0 Å². The highest BCUT2D eigenvalue weighted by Crippen LogP contribution is 2.37. The Morgan fingerprint density at radius 2 is 2.11 bits per heavy atom. The van der Waals surface area contributed by atoms with Crippen LogP contribution in [0.4, 0.5) is 0 Å². The van der Waals surface area contributed by atoms with Gasteiger partial charge in [-0.25, -0.2) is 0 Å². The Labute approximate surface area is 112 Å². The first kappa shape index (κ1) is 13.1. The molecular formula is C13H18N4S. The lowest BCUT2D eigenvalue weighted by atomic mass is 10.1. The summed E-state index contributed by atoms with van der Waals surface area (Å²) in [6.45, 7) is 2.11. The van der Waals surface area contributed by atoms with Crippen molar-refractivity contribution in [3.8, 4) is 0 Å². The topological polar surface area (TPSA) is 56.7 Å². The van der Waals surface area contributed by atoms with Crippen LogP contribution < -0.4 is 5.73 Å². The molecule has 18 heavy (non-hydrogen) atoms. The fourth-order valence-electron chi connectivity index (χ4n) is 1.78. The highest BCUT2D eigenvalue weighted by molar-refractivity contribution is 7.99. The Hall–Kier alpha value is -1.33. The molecule has 2 atom stereocenters. The number of aromatic nitrogens is 3. The second kappa shape index (κ2) is 6.02. The molecule has 96 valence electrons. The van der Waals surface area contributed by atoms with Crippen molar-refractivity contribution < 1.29 is 0 Å². The van der Waals surface area contributed by atoms with Crippen molar-refractivity contribution in [2.75, 3.05) is 0 Å². The van der Waals surface area contributed by atoms with Gasteiger partial charge in [-0.05, 0) is 24.1 Å². The van der Waals surface area contributed by atoms with E-state index >= 15 is 0 Å². The second-order valence-corrected chi connectivity index (χ2v) is 5.46. The number of hydrogen-bond donors (Lipinski definition) is 1. The molecule has 4 nitrogen and oxygen atoms in total. The summed E-state index contributed by atoms with van der Waals surface area (Å²) in [5.41, 5.74) is 7.45. The molecule has 0 saturated heterocycles. The Balaban J connectivity index is 2.21. The van der Waals surface area contributed by atoms with Crippen molar-refractivity contribution in [1.82, 2.24) is 14.8 Å². The molecule has 2 rings (SSSR count). The van der Waals surface area contributed by atoms with Crippen molar-refractivity contribution >= 4 is 11.8 Å². The minimum Gasteiger partial charge on any atom is -0.326 e. The predicted molar refractivity (Wildman–Crippen MR) is 74.3 cm³/mol. The number of thioether (sulfide) groups is 1. The molecule has 5 heteroatoms. The van der Waals surface area contributed by atoms with Crippen LogP contribution in [-0.2, 0) is 7.05 Å². The van der Waals surface area contributed by atoms with E-state index in [1.807, 2.05) is 48.6 Å². The Morgan fingerprint density at radius 1 is 1.39 bits per heavy atom. The Bertz CT molecular complexity index is 483. The summed E-state index contributed by atoms with van der Waals surface area (Å²) in [6, 6.07) is 4.19. The molecule has 0 amide bonds. The molecule has 0 spiro atoms. The fraction of sp³-hybridized carbons (Fsp3) is 0.385. The maximum absolute atomic E-state index is 6.24. The zero-order valence-corrected chi connectivity index (χ0v) is 11.5. The smallest absolute Gasteiger partial charge is 0.0626 e. The Kier molecular flexibility index (Phi) is 4.38. The van der Waals surface area contributed by atoms with Gasteiger partial charge in [-0.2, -0.15) is 5.10 Å². The van der Waals surface area contributed by atoms with Crippen molar-refractivity contribution in [3.05, 3.63) is 42.5 Å². The number of hydrogen-bond acceptors (Lipinski definition) is 4.